The Morgan fingerprint density at radius 1 is 1.12 bits per heavy atom. The van der Waals surface area contributed by atoms with Gasteiger partial charge in [-0.15, -0.1) is 0 Å². The predicted molar refractivity (Wildman–Crippen MR) is 67.4 cm³/mol. The fraction of sp³-hybridized carbons (Fsp3) is 1.00. The first-order valence-electron chi connectivity index (χ1n) is 7.14. The van der Waals surface area contributed by atoms with Gasteiger partial charge in [-0.3, -0.25) is 0 Å². The minimum absolute atomic E-state index is 0.380. The van der Waals surface area contributed by atoms with Crippen molar-refractivity contribution in [2.24, 2.45) is 11.8 Å². The van der Waals surface area contributed by atoms with Crippen LogP contribution in [0.25, 0.3) is 0 Å². The van der Waals surface area contributed by atoms with E-state index in [9.17, 15) is 0 Å². The summed E-state index contributed by atoms with van der Waals surface area (Å²) in [5.41, 5.74) is 0. The van der Waals surface area contributed by atoms with Gasteiger partial charge in [0, 0.05) is 12.6 Å². The van der Waals surface area contributed by atoms with Crippen LogP contribution in [0.4, 0.5) is 0 Å². The molecule has 0 bridgehead atoms. The van der Waals surface area contributed by atoms with E-state index in [1.165, 1.54) is 51.6 Å². The van der Waals surface area contributed by atoms with Crippen LogP contribution in [0.2, 0.25) is 0 Å². The maximum absolute atomic E-state index is 8.95. The number of likely N-dealkylation sites (tertiary alicyclic amines) is 1. The summed E-state index contributed by atoms with van der Waals surface area (Å²) in [5, 5.41) is 8.95. The Kier molecular flexibility index (Phi) is 4.66. The Labute approximate surface area is 100 Å². The van der Waals surface area contributed by atoms with Gasteiger partial charge in [-0.05, 0) is 57.0 Å². The van der Waals surface area contributed by atoms with Crippen molar-refractivity contribution < 1.29 is 5.11 Å². The first kappa shape index (κ1) is 12.4. The molecule has 1 aliphatic heterocycles. The fourth-order valence-electron chi connectivity index (χ4n) is 3.52. The first-order valence-corrected chi connectivity index (χ1v) is 7.14. The second kappa shape index (κ2) is 6.02. The molecule has 2 unspecified atom stereocenters. The summed E-state index contributed by atoms with van der Waals surface area (Å²) in [6.45, 7) is 5.35. The van der Waals surface area contributed by atoms with E-state index in [1.54, 1.807) is 0 Å². The summed E-state index contributed by atoms with van der Waals surface area (Å²) in [5.74, 6) is 1.73. The minimum Gasteiger partial charge on any atom is -0.396 e. The number of hydrogen-bond acceptors (Lipinski definition) is 2. The molecular formula is C14H27NO. The van der Waals surface area contributed by atoms with Gasteiger partial charge in [0.05, 0.1) is 0 Å². The zero-order valence-electron chi connectivity index (χ0n) is 10.7. The van der Waals surface area contributed by atoms with Crippen LogP contribution >= 0.6 is 0 Å². The van der Waals surface area contributed by atoms with Gasteiger partial charge in [-0.25, -0.2) is 0 Å². The molecule has 1 saturated carbocycles. The maximum atomic E-state index is 8.95. The molecule has 0 aromatic carbocycles. The van der Waals surface area contributed by atoms with Crippen molar-refractivity contribution in [3.05, 3.63) is 0 Å². The lowest BCUT2D eigenvalue weighted by molar-refractivity contribution is 0.0854. The molecule has 2 atom stereocenters. The number of aliphatic hydroxyl groups excluding tert-OH is 1. The second-order valence-electron chi connectivity index (χ2n) is 5.92. The van der Waals surface area contributed by atoms with Crippen molar-refractivity contribution in [3.63, 3.8) is 0 Å². The zero-order chi connectivity index (χ0) is 11.4. The average molecular weight is 225 g/mol. The molecule has 1 aliphatic carbocycles. The van der Waals surface area contributed by atoms with E-state index >= 15 is 0 Å². The molecule has 1 N–H and O–H groups in total. The van der Waals surface area contributed by atoms with Gasteiger partial charge in [0.25, 0.3) is 0 Å². The van der Waals surface area contributed by atoms with E-state index < -0.39 is 0 Å². The zero-order valence-corrected chi connectivity index (χ0v) is 10.7. The van der Waals surface area contributed by atoms with Crippen molar-refractivity contribution in [3.8, 4) is 0 Å². The smallest absolute Gasteiger partial charge is 0.0433 e. The topological polar surface area (TPSA) is 23.5 Å². The Balaban J connectivity index is 1.75. The Morgan fingerprint density at radius 3 is 2.50 bits per heavy atom. The molecule has 94 valence electrons. The first-order chi connectivity index (χ1) is 7.79. The lowest BCUT2D eigenvalue weighted by Gasteiger charge is -2.40. The molecule has 0 aromatic heterocycles. The fourth-order valence-corrected chi connectivity index (χ4v) is 3.52. The summed E-state index contributed by atoms with van der Waals surface area (Å²) in [6, 6.07) is 0.874. The minimum atomic E-state index is 0.380. The Bertz CT molecular complexity index is 199. The summed E-state index contributed by atoms with van der Waals surface area (Å²) in [4.78, 5) is 2.73. The van der Waals surface area contributed by atoms with E-state index in [2.05, 4.69) is 11.8 Å². The van der Waals surface area contributed by atoms with Crippen LogP contribution in [0.3, 0.4) is 0 Å². The van der Waals surface area contributed by atoms with E-state index in [-0.39, 0.29) is 0 Å². The molecule has 1 heterocycles. The van der Waals surface area contributed by atoms with Crippen molar-refractivity contribution >= 4 is 0 Å². The normalized spacial score (nSPS) is 34.1. The Hall–Kier alpha value is -0.0800. The molecule has 1 saturated heterocycles. The lowest BCUT2D eigenvalue weighted by Crippen LogP contribution is -2.43. The summed E-state index contributed by atoms with van der Waals surface area (Å²) < 4.78 is 0. The van der Waals surface area contributed by atoms with Gasteiger partial charge < -0.3 is 10.0 Å². The molecule has 2 fully saturated rings. The molecule has 2 rings (SSSR count). The second-order valence-corrected chi connectivity index (χ2v) is 5.92. The monoisotopic (exact) mass is 225 g/mol. The van der Waals surface area contributed by atoms with E-state index in [0.717, 1.165) is 24.3 Å². The molecule has 0 amide bonds. The third-order valence-electron chi connectivity index (χ3n) is 4.61. The molecule has 0 radical (unpaired) electrons. The van der Waals surface area contributed by atoms with Gasteiger partial charge in [0.15, 0.2) is 0 Å². The third kappa shape index (κ3) is 3.21. The maximum Gasteiger partial charge on any atom is 0.0433 e. The van der Waals surface area contributed by atoms with Gasteiger partial charge in [-0.2, -0.15) is 0 Å². The summed E-state index contributed by atoms with van der Waals surface area (Å²) in [7, 11) is 0. The van der Waals surface area contributed by atoms with Crippen LogP contribution < -0.4 is 0 Å². The number of nitrogens with zero attached hydrogens (tertiary/aromatic N) is 1. The highest BCUT2D eigenvalue weighted by Gasteiger charge is 2.27. The standard InChI is InChI=1S/C14H27NO/c1-12-3-2-4-14(11-12)15-8-5-13(6-9-15)7-10-16/h12-14,16H,2-11H2,1H3. The summed E-state index contributed by atoms with van der Waals surface area (Å²) >= 11 is 0. The van der Waals surface area contributed by atoms with Crippen LogP contribution in [0.1, 0.15) is 51.9 Å². The van der Waals surface area contributed by atoms with Gasteiger partial charge >= 0.3 is 0 Å². The van der Waals surface area contributed by atoms with E-state index in [0.29, 0.717) is 6.61 Å². The Morgan fingerprint density at radius 2 is 1.88 bits per heavy atom. The quantitative estimate of drug-likeness (QED) is 0.798. The van der Waals surface area contributed by atoms with Crippen LogP contribution in [0, 0.1) is 11.8 Å². The van der Waals surface area contributed by atoms with Gasteiger partial charge in [-0.1, -0.05) is 19.8 Å². The van der Waals surface area contributed by atoms with Crippen molar-refractivity contribution in [1.29, 1.82) is 0 Å². The predicted octanol–water partition coefficient (Wildman–Crippen LogP) is 2.66. The van der Waals surface area contributed by atoms with Crippen molar-refractivity contribution in [2.45, 2.75) is 57.9 Å². The molecular weight excluding hydrogens is 198 g/mol. The highest BCUT2D eigenvalue weighted by atomic mass is 16.3. The van der Waals surface area contributed by atoms with Crippen molar-refractivity contribution in [2.75, 3.05) is 19.7 Å². The lowest BCUT2D eigenvalue weighted by atomic mass is 9.84. The number of aliphatic hydroxyl groups is 1. The van der Waals surface area contributed by atoms with Crippen LogP contribution in [-0.4, -0.2) is 35.7 Å². The van der Waals surface area contributed by atoms with Crippen LogP contribution in [-0.2, 0) is 0 Å². The highest BCUT2D eigenvalue weighted by molar-refractivity contribution is 4.82. The van der Waals surface area contributed by atoms with E-state index in [4.69, 9.17) is 5.11 Å². The molecule has 16 heavy (non-hydrogen) atoms. The SMILES string of the molecule is CC1CCCC(N2CCC(CCO)CC2)C1. The van der Waals surface area contributed by atoms with Crippen LogP contribution in [0.5, 0.6) is 0 Å². The van der Waals surface area contributed by atoms with E-state index in [1.807, 2.05) is 0 Å². The third-order valence-corrected chi connectivity index (χ3v) is 4.61. The number of piperidine rings is 1. The van der Waals surface area contributed by atoms with Gasteiger partial charge in [0.2, 0.25) is 0 Å². The largest absolute Gasteiger partial charge is 0.396 e. The number of hydrogen-bond donors (Lipinski definition) is 1. The van der Waals surface area contributed by atoms with Crippen molar-refractivity contribution in [1.82, 2.24) is 4.90 Å². The molecule has 2 heteroatoms. The van der Waals surface area contributed by atoms with Gasteiger partial charge in [0.1, 0.15) is 0 Å². The molecule has 2 nitrogen and oxygen atoms in total. The molecule has 0 spiro atoms. The summed E-state index contributed by atoms with van der Waals surface area (Å²) in [6.07, 6.45) is 9.37. The molecule has 0 aromatic rings. The average Bonchev–Trinajstić information content (AvgIpc) is 2.30. The number of rotatable bonds is 3. The van der Waals surface area contributed by atoms with Crippen LogP contribution in [0.15, 0.2) is 0 Å². The molecule has 2 aliphatic rings. The highest BCUT2D eigenvalue weighted by Crippen LogP contribution is 2.30.